The molecule has 0 radical (unpaired) electrons. The third kappa shape index (κ3) is 3.11. The van der Waals surface area contributed by atoms with Crippen molar-refractivity contribution < 1.29 is 22.7 Å². The predicted octanol–water partition coefficient (Wildman–Crippen LogP) is 5.30. The van der Waals surface area contributed by atoms with E-state index in [1.54, 1.807) is 18.2 Å². The molecule has 1 aliphatic carbocycles. The standard InChI is InChI=1S/C18H12BrF3O2/c1-24-16-9-14-11(8-15(16)19)7-12(17(14)23)5-10-3-2-4-13(6-10)18(20,21)22/h2-6,8-9H,7H2,1H3/b12-5+. The van der Waals surface area contributed by atoms with Crippen molar-refractivity contribution in [3.63, 3.8) is 0 Å². The van der Waals surface area contributed by atoms with Crippen LogP contribution in [0.25, 0.3) is 6.08 Å². The monoisotopic (exact) mass is 396 g/mol. The lowest BCUT2D eigenvalue weighted by Crippen LogP contribution is -2.04. The van der Waals surface area contributed by atoms with Crippen molar-refractivity contribution in [1.82, 2.24) is 0 Å². The summed E-state index contributed by atoms with van der Waals surface area (Å²) in [6.07, 6.45) is -2.51. The number of benzene rings is 2. The van der Waals surface area contributed by atoms with Gasteiger partial charge in [0.2, 0.25) is 0 Å². The molecule has 0 heterocycles. The van der Waals surface area contributed by atoms with E-state index in [0.29, 0.717) is 28.9 Å². The maximum atomic E-state index is 12.8. The Morgan fingerprint density at radius 3 is 2.62 bits per heavy atom. The number of rotatable bonds is 2. The molecule has 1 aliphatic rings. The number of fused-ring (bicyclic) bond motifs is 1. The van der Waals surface area contributed by atoms with Crippen LogP contribution in [0.1, 0.15) is 27.0 Å². The minimum Gasteiger partial charge on any atom is -0.496 e. The molecule has 0 bridgehead atoms. The highest BCUT2D eigenvalue weighted by Gasteiger charge is 2.31. The summed E-state index contributed by atoms with van der Waals surface area (Å²) in [5, 5.41) is 0. The highest BCUT2D eigenvalue weighted by Crippen LogP contribution is 2.36. The molecule has 0 aliphatic heterocycles. The third-order valence-corrected chi connectivity index (χ3v) is 4.47. The Morgan fingerprint density at radius 1 is 1.21 bits per heavy atom. The maximum Gasteiger partial charge on any atom is 0.416 e. The highest BCUT2D eigenvalue weighted by atomic mass is 79.9. The molecule has 0 aromatic heterocycles. The van der Waals surface area contributed by atoms with Gasteiger partial charge >= 0.3 is 6.18 Å². The minimum absolute atomic E-state index is 0.187. The highest BCUT2D eigenvalue weighted by molar-refractivity contribution is 9.10. The Kier molecular flexibility index (Phi) is 4.25. The Balaban J connectivity index is 1.97. The van der Waals surface area contributed by atoms with Crippen LogP contribution in [0.15, 0.2) is 46.4 Å². The molecule has 0 saturated carbocycles. The van der Waals surface area contributed by atoms with E-state index in [9.17, 15) is 18.0 Å². The van der Waals surface area contributed by atoms with Crippen LogP contribution in [-0.4, -0.2) is 12.9 Å². The molecule has 0 saturated heterocycles. The van der Waals surface area contributed by atoms with E-state index in [0.717, 1.165) is 22.2 Å². The molecule has 0 amide bonds. The number of methoxy groups -OCH3 is 1. The van der Waals surface area contributed by atoms with Crippen molar-refractivity contribution in [3.8, 4) is 5.75 Å². The zero-order chi connectivity index (χ0) is 17.5. The molecule has 2 nitrogen and oxygen atoms in total. The van der Waals surface area contributed by atoms with Gasteiger partial charge in [-0.3, -0.25) is 4.79 Å². The summed E-state index contributed by atoms with van der Waals surface area (Å²) in [5.41, 5.74) is 1.43. The van der Waals surface area contributed by atoms with E-state index in [1.165, 1.54) is 19.3 Å². The van der Waals surface area contributed by atoms with Gasteiger partial charge < -0.3 is 4.74 Å². The number of ketones is 1. The summed E-state index contributed by atoms with van der Waals surface area (Å²) in [5.74, 6) is 0.357. The lowest BCUT2D eigenvalue weighted by molar-refractivity contribution is -0.137. The number of halogens is 4. The largest absolute Gasteiger partial charge is 0.496 e. The van der Waals surface area contributed by atoms with E-state index in [1.807, 2.05) is 0 Å². The fourth-order valence-electron chi connectivity index (χ4n) is 2.69. The number of Topliss-reactive ketones (excluding diaryl/α,β-unsaturated/α-hetero) is 1. The molecule has 2 aromatic carbocycles. The van der Waals surface area contributed by atoms with E-state index >= 15 is 0 Å². The topological polar surface area (TPSA) is 26.3 Å². The van der Waals surface area contributed by atoms with Crippen molar-refractivity contribution in [2.75, 3.05) is 7.11 Å². The molecule has 0 spiro atoms. The van der Waals surface area contributed by atoms with Crippen LogP contribution in [0.5, 0.6) is 5.75 Å². The van der Waals surface area contributed by atoms with Gasteiger partial charge in [0.05, 0.1) is 17.1 Å². The Hall–Kier alpha value is -2.08. The van der Waals surface area contributed by atoms with Crippen molar-refractivity contribution in [2.45, 2.75) is 12.6 Å². The molecule has 3 rings (SSSR count). The first-order valence-corrected chi connectivity index (χ1v) is 7.88. The summed E-state index contributed by atoms with van der Waals surface area (Å²) in [7, 11) is 1.51. The molecule has 0 fully saturated rings. The Morgan fingerprint density at radius 2 is 1.96 bits per heavy atom. The van der Waals surface area contributed by atoms with Gasteiger partial charge in [-0.15, -0.1) is 0 Å². The van der Waals surface area contributed by atoms with Gasteiger partial charge in [-0.1, -0.05) is 12.1 Å². The summed E-state index contributed by atoms with van der Waals surface area (Å²) < 4.78 is 44.3. The van der Waals surface area contributed by atoms with Gasteiger partial charge in [0, 0.05) is 17.6 Å². The van der Waals surface area contributed by atoms with E-state index in [2.05, 4.69) is 15.9 Å². The SMILES string of the molecule is COc1cc2c(cc1Br)C/C(=C\c1cccc(C(F)(F)F)c1)C2=O. The van der Waals surface area contributed by atoms with Crippen molar-refractivity contribution in [3.05, 3.63) is 68.7 Å². The molecule has 0 atom stereocenters. The zero-order valence-electron chi connectivity index (χ0n) is 12.6. The van der Waals surface area contributed by atoms with Crippen LogP contribution < -0.4 is 4.74 Å². The average molecular weight is 397 g/mol. The number of alkyl halides is 3. The van der Waals surface area contributed by atoms with Crippen LogP contribution in [0.2, 0.25) is 0 Å². The second-order valence-electron chi connectivity index (χ2n) is 5.44. The minimum atomic E-state index is -4.41. The van der Waals surface area contributed by atoms with Gasteiger partial charge in [-0.05, 0) is 57.4 Å². The van der Waals surface area contributed by atoms with E-state index in [4.69, 9.17) is 4.74 Å². The molecule has 6 heteroatoms. The number of carbonyl (C=O) groups is 1. The van der Waals surface area contributed by atoms with Gasteiger partial charge in [-0.2, -0.15) is 13.2 Å². The quantitative estimate of drug-likeness (QED) is 0.643. The molecule has 0 unspecified atom stereocenters. The second-order valence-corrected chi connectivity index (χ2v) is 6.30. The number of hydrogen-bond acceptors (Lipinski definition) is 2. The number of ether oxygens (including phenoxy) is 1. The summed E-state index contributed by atoms with van der Waals surface area (Å²) in [6, 6.07) is 8.39. The number of hydrogen-bond donors (Lipinski definition) is 0. The summed E-state index contributed by atoms with van der Waals surface area (Å²) in [6.45, 7) is 0. The fourth-order valence-corrected chi connectivity index (χ4v) is 3.24. The van der Waals surface area contributed by atoms with Crippen molar-refractivity contribution >= 4 is 27.8 Å². The van der Waals surface area contributed by atoms with Crippen molar-refractivity contribution in [2.24, 2.45) is 0 Å². The van der Waals surface area contributed by atoms with Crippen LogP contribution >= 0.6 is 15.9 Å². The van der Waals surface area contributed by atoms with Crippen molar-refractivity contribution in [1.29, 1.82) is 0 Å². The summed E-state index contributed by atoms with van der Waals surface area (Å²) in [4.78, 5) is 12.5. The van der Waals surface area contributed by atoms with Gasteiger partial charge in [-0.25, -0.2) is 0 Å². The average Bonchev–Trinajstić information content (AvgIpc) is 2.81. The molecule has 2 aromatic rings. The second kappa shape index (κ2) is 6.09. The zero-order valence-corrected chi connectivity index (χ0v) is 14.2. The number of carbonyl (C=O) groups excluding carboxylic acids is 1. The van der Waals surface area contributed by atoms with Crippen LogP contribution in [0.4, 0.5) is 13.2 Å². The first-order chi connectivity index (χ1) is 11.3. The Labute approximate surface area is 145 Å². The molecule has 124 valence electrons. The van der Waals surface area contributed by atoms with E-state index < -0.39 is 11.7 Å². The van der Waals surface area contributed by atoms with Crippen LogP contribution in [-0.2, 0) is 12.6 Å². The van der Waals surface area contributed by atoms with Crippen LogP contribution in [0, 0.1) is 0 Å². The molecule has 0 N–H and O–H groups in total. The molecule has 24 heavy (non-hydrogen) atoms. The van der Waals surface area contributed by atoms with Gasteiger partial charge in [0.1, 0.15) is 5.75 Å². The van der Waals surface area contributed by atoms with Gasteiger partial charge in [0.15, 0.2) is 5.78 Å². The van der Waals surface area contributed by atoms with E-state index in [-0.39, 0.29) is 5.78 Å². The maximum absolute atomic E-state index is 12.8. The fraction of sp³-hybridized carbons (Fsp3) is 0.167. The Bertz CT molecular complexity index is 854. The first-order valence-electron chi connectivity index (χ1n) is 7.08. The van der Waals surface area contributed by atoms with Crippen LogP contribution in [0.3, 0.4) is 0 Å². The smallest absolute Gasteiger partial charge is 0.416 e. The molecular formula is C18H12BrF3O2. The predicted molar refractivity (Wildman–Crippen MR) is 88.1 cm³/mol. The number of allylic oxidation sites excluding steroid dienone is 1. The lowest BCUT2D eigenvalue weighted by atomic mass is 10.1. The van der Waals surface area contributed by atoms with Gasteiger partial charge in [0.25, 0.3) is 0 Å². The third-order valence-electron chi connectivity index (χ3n) is 3.85. The molecular weight excluding hydrogens is 385 g/mol. The lowest BCUT2D eigenvalue weighted by Gasteiger charge is -2.07. The first kappa shape index (κ1) is 16.8. The normalized spacial score (nSPS) is 15.7. The summed E-state index contributed by atoms with van der Waals surface area (Å²) >= 11 is 3.37.